The van der Waals surface area contributed by atoms with Crippen LogP contribution in [0.25, 0.3) is 21.8 Å². The number of carbonyl (C=O) groups excluding carboxylic acids is 1. The van der Waals surface area contributed by atoms with E-state index in [4.69, 9.17) is 0 Å². The molecule has 5 rings (SSSR count). The molecule has 1 aliphatic rings. The number of hydrogen-bond donors (Lipinski definition) is 1. The predicted octanol–water partition coefficient (Wildman–Crippen LogP) is 4.27. The second-order valence-corrected chi connectivity index (χ2v) is 8.77. The lowest BCUT2D eigenvalue weighted by Gasteiger charge is -2.30. The first kappa shape index (κ1) is 19.6. The second-order valence-electron chi connectivity index (χ2n) is 8.77. The van der Waals surface area contributed by atoms with Crippen molar-refractivity contribution in [3.05, 3.63) is 82.3 Å². The summed E-state index contributed by atoms with van der Waals surface area (Å²) in [6, 6.07) is 20.1. The molecule has 0 bridgehead atoms. The van der Waals surface area contributed by atoms with Gasteiger partial charge in [-0.25, -0.2) is 0 Å². The van der Waals surface area contributed by atoms with E-state index in [2.05, 4.69) is 29.6 Å². The summed E-state index contributed by atoms with van der Waals surface area (Å²) in [5.41, 5.74) is 3.39. The second kappa shape index (κ2) is 7.41. The Hall–Kier alpha value is -3.34. The smallest absolute Gasteiger partial charge is 0.267 e. The first-order chi connectivity index (χ1) is 15.0. The highest BCUT2D eigenvalue weighted by molar-refractivity contribution is 6.08. The van der Waals surface area contributed by atoms with Crippen molar-refractivity contribution in [2.24, 2.45) is 14.1 Å². The predicted molar refractivity (Wildman–Crippen MR) is 125 cm³/mol. The van der Waals surface area contributed by atoms with Crippen molar-refractivity contribution in [1.29, 1.82) is 0 Å². The van der Waals surface area contributed by atoms with Gasteiger partial charge >= 0.3 is 0 Å². The van der Waals surface area contributed by atoms with Crippen LogP contribution in [-0.4, -0.2) is 21.6 Å². The minimum Gasteiger partial charge on any atom is -0.350 e. The minimum atomic E-state index is -0.132. The van der Waals surface area contributed by atoms with Gasteiger partial charge < -0.3 is 14.5 Å². The number of rotatable bonds is 4. The van der Waals surface area contributed by atoms with Gasteiger partial charge in [0.1, 0.15) is 5.69 Å². The van der Waals surface area contributed by atoms with Crippen molar-refractivity contribution in [2.75, 3.05) is 6.54 Å². The van der Waals surface area contributed by atoms with Crippen LogP contribution in [-0.2, 0) is 19.5 Å². The summed E-state index contributed by atoms with van der Waals surface area (Å²) in [5, 5.41) is 4.74. The van der Waals surface area contributed by atoms with Crippen molar-refractivity contribution in [3.8, 4) is 0 Å². The third kappa shape index (κ3) is 3.07. The number of fused-ring (bicyclic) bond motifs is 3. The van der Waals surface area contributed by atoms with Crippen LogP contribution < -0.4 is 10.9 Å². The Morgan fingerprint density at radius 2 is 1.61 bits per heavy atom. The highest BCUT2D eigenvalue weighted by Gasteiger charge is 2.36. The SMILES string of the molecule is Cn1c(C(=O)NCC2(c3ccccc3)CCCC2)cc2c(=O)n(C)c3ccccc3c21. The van der Waals surface area contributed by atoms with E-state index in [0.29, 0.717) is 17.6 Å². The largest absolute Gasteiger partial charge is 0.350 e. The highest BCUT2D eigenvalue weighted by Crippen LogP contribution is 2.40. The topological polar surface area (TPSA) is 56.0 Å². The number of pyridine rings is 1. The van der Waals surface area contributed by atoms with Gasteiger partial charge in [-0.3, -0.25) is 9.59 Å². The van der Waals surface area contributed by atoms with Gasteiger partial charge in [0.2, 0.25) is 0 Å². The first-order valence-corrected chi connectivity index (χ1v) is 10.9. The molecule has 0 radical (unpaired) electrons. The molecule has 31 heavy (non-hydrogen) atoms. The first-order valence-electron chi connectivity index (χ1n) is 10.9. The lowest BCUT2D eigenvalue weighted by molar-refractivity contribution is 0.0935. The van der Waals surface area contributed by atoms with Gasteiger partial charge in [0.15, 0.2) is 0 Å². The molecule has 0 atom stereocenters. The minimum absolute atomic E-state index is 0.00959. The summed E-state index contributed by atoms with van der Waals surface area (Å²) in [6.45, 7) is 0.607. The maximum absolute atomic E-state index is 13.3. The number of amides is 1. The summed E-state index contributed by atoms with van der Waals surface area (Å²) >= 11 is 0. The molecule has 1 saturated carbocycles. The zero-order valence-electron chi connectivity index (χ0n) is 18.0. The molecular formula is C26H27N3O2. The van der Waals surface area contributed by atoms with E-state index in [0.717, 1.165) is 29.3 Å². The molecule has 0 saturated heterocycles. The Balaban J connectivity index is 1.52. The summed E-state index contributed by atoms with van der Waals surface area (Å²) < 4.78 is 3.51. The van der Waals surface area contributed by atoms with E-state index in [1.54, 1.807) is 17.7 Å². The monoisotopic (exact) mass is 413 g/mol. The van der Waals surface area contributed by atoms with Crippen molar-refractivity contribution in [3.63, 3.8) is 0 Å². The Labute approximate surface area is 181 Å². The van der Waals surface area contributed by atoms with Gasteiger partial charge in [-0.05, 0) is 30.5 Å². The number of aryl methyl sites for hydroxylation is 2. The van der Waals surface area contributed by atoms with Gasteiger partial charge in [-0.2, -0.15) is 0 Å². The number of carbonyl (C=O) groups is 1. The van der Waals surface area contributed by atoms with Crippen LogP contribution in [0.2, 0.25) is 0 Å². The number of aromatic nitrogens is 2. The van der Waals surface area contributed by atoms with Gasteiger partial charge in [-0.15, -0.1) is 0 Å². The Morgan fingerprint density at radius 3 is 2.35 bits per heavy atom. The van der Waals surface area contributed by atoms with E-state index in [9.17, 15) is 9.59 Å². The van der Waals surface area contributed by atoms with Gasteiger partial charge in [0.05, 0.1) is 16.4 Å². The number of hydrogen-bond acceptors (Lipinski definition) is 2. The molecule has 2 heterocycles. The van der Waals surface area contributed by atoms with Crippen molar-refractivity contribution < 1.29 is 4.79 Å². The van der Waals surface area contributed by atoms with Crippen LogP contribution in [0.15, 0.2) is 65.5 Å². The van der Waals surface area contributed by atoms with Gasteiger partial charge in [0.25, 0.3) is 11.5 Å². The molecule has 1 amide bonds. The zero-order chi connectivity index (χ0) is 21.6. The van der Waals surface area contributed by atoms with E-state index in [1.165, 1.54) is 18.4 Å². The summed E-state index contributed by atoms with van der Waals surface area (Å²) in [6.07, 6.45) is 4.52. The molecular weight excluding hydrogens is 386 g/mol. The van der Waals surface area contributed by atoms with Crippen LogP contribution in [0.4, 0.5) is 0 Å². The fourth-order valence-corrected chi connectivity index (χ4v) is 5.32. The molecule has 5 heteroatoms. The maximum atomic E-state index is 13.3. The lowest BCUT2D eigenvalue weighted by atomic mass is 9.79. The quantitative estimate of drug-likeness (QED) is 0.543. The van der Waals surface area contributed by atoms with Crippen LogP contribution in [0.1, 0.15) is 41.7 Å². The third-order valence-electron chi connectivity index (χ3n) is 7.06. The zero-order valence-corrected chi connectivity index (χ0v) is 18.0. The van der Waals surface area contributed by atoms with Crippen molar-refractivity contribution in [2.45, 2.75) is 31.1 Å². The average Bonchev–Trinajstić information content (AvgIpc) is 3.42. The van der Waals surface area contributed by atoms with E-state index in [1.807, 2.05) is 41.9 Å². The van der Waals surface area contributed by atoms with E-state index < -0.39 is 0 Å². The number of nitrogens with one attached hydrogen (secondary N) is 1. The molecule has 2 aromatic carbocycles. The number of para-hydroxylation sites is 1. The van der Waals surface area contributed by atoms with Crippen molar-refractivity contribution in [1.82, 2.24) is 14.5 Å². The highest BCUT2D eigenvalue weighted by atomic mass is 16.2. The van der Waals surface area contributed by atoms with E-state index in [-0.39, 0.29) is 16.9 Å². The fraction of sp³-hybridized carbons (Fsp3) is 0.308. The molecule has 4 aromatic rings. The summed E-state index contributed by atoms with van der Waals surface area (Å²) in [7, 11) is 3.65. The molecule has 0 aliphatic heterocycles. The number of benzene rings is 2. The Kier molecular flexibility index (Phi) is 4.69. The maximum Gasteiger partial charge on any atom is 0.267 e. The molecule has 5 nitrogen and oxygen atoms in total. The number of nitrogens with zero attached hydrogens (tertiary/aromatic N) is 2. The molecule has 1 fully saturated rings. The van der Waals surface area contributed by atoms with E-state index >= 15 is 0 Å². The fourth-order valence-electron chi connectivity index (χ4n) is 5.32. The van der Waals surface area contributed by atoms with Crippen LogP contribution in [0, 0.1) is 0 Å². The Morgan fingerprint density at radius 1 is 0.935 bits per heavy atom. The normalized spacial score (nSPS) is 15.5. The van der Waals surface area contributed by atoms with Crippen LogP contribution in [0.5, 0.6) is 0 Å². The van der Waals surface area contributed by atoms with Crippen molar-refractivity contribution >= 4 is 27.7 Å². The summed E-state index contributed by atoms with van der Waals surface area (Å²) in [4.78, 5) is 26.2. The molecule has 1 aliphatic carbocycles. The summed E-state index contributed by atoms with van der Waals surface area (Å²) in [5.74, 6) is -0.132. The standard InChI is InChI=1S/C26H27N3O2/c1-28-22(16-20-23(28)19-12-6-7-13-21(19)29(2)25(20)31)24(30)27-17-26(14-8-9-15-26)18-10-4-3-5-11-18/h3-7,10-13,16H,8-9,14-15,17H2,1-2H3,(H,27,30). The third-order valence-corrected chi connectivity index (χ3v) is 7.06. The molecule has 2 aromatic heterocycles. The van der Waals surface area contributed by atoms with Crippen LogP contribution in [0.3, 0.4) is 0 Å². The molecule has 0 spiro atoms. The molecule has 0 unspecified atom stereocenters. The molecule has 158 valence electrons. The average molecular weight is 414 g/mol. The van der Waals surface area contributed by atoms with Gasteiger partial charge in [0, 0.05) is 31.4 Å². The van der Waals surface area contributed by atoms with Crippen LogP contribution >= 0.6 is 0 Å². The molecule has 1 N–H and O–H groups in total. The Bertz CT molecular complexity index is 1340. The van der Waals surface area contributed by atoms with Gasteiger partial charge in [-0.1, -0.05) is 61.4 Å². The lowest BCUT2D eigenvalue weighted by Crippen LogP contribution is -2.39.